The molecule has 0 bridgehead atoms. The van der Waals surface area contributed by atoms with Gasteiger partial charge in [-0.1, -0.05) is 11.3 Å². The minimum absolute atomic E-state index is 0.0547. The Morgan fingerprint density at radius 3 is 2.72 bits per heavy atom. The highest BCUT2D eigenvalue weighted by Gasteiger charge is 2.36. The van der Waals surface area contributed by atoms with E-state index in [1.807, 2.05) is 25.1 Å². The Balaban J connectivity index is 1.36. The van der Waals surface area contributed by atoms with Crippen LogP contribution in [0.2, 0.25) is 0 Å². The number of carbonyl (C=O) groups is 2. The van der Waals surface area contributed by atoms with Crippen molar-refractivity contribution in [1.82, 2.24) is 9.88 Å². The third kappa shape index (κ3) is 3.91. The van der Waals surface area contributed by atoms with E-state index in [0.29, 0.717) is 11.7 Å². The van der Waals surface area contributed by atoms with Crippen molar-refractivity contribution < 1.29 is 23.1 Å². The van der Waals surface area contributed by atoms with E-state index in [2.05, 4.69) is 10.3 Å². The summed E-state index contributed by atoms with van der Waals surface area (Å²) in [5, 5.41) is 3.26. The molecule has 150 valence electrons. The number of hydrogen-bond donors (Lipinski definition) is 1. The first-order valence-corrected chi connectivity index (χ1v) is 9.85. The summed E-state index contributed by atoms with van der Waals surface area (Å²) in [6, 6.07) is 8.53. The predicted molar refractivity (Wildman–Crippen MR) is 105 cm³/mol. The van der Waals surface area contributed by atoms with E-state index in [1.165, 1.54) is 22.3 Å². The molecular formula is C20H17F2N3O3S. The molecule has 2 amide bonds. The number of carbonyl (C=O) groups excluding carboxylic acids is 2. The van der Waals surface area contributed by atoms with E-state index in [0.717, 1.165) is 28.1 Å². The molecule has 1 aliphatic heterocycles. The number of benzene rings is 2. The zero-order chi connectivity index (χ0) is 20.5. The second kappa shape index (κ2) is 7.75. The lowest BCUT2D eigenvalue weighted by molar-refractivity contribution is -0.123. The van der Waals surface area contributed by atoms with Crippen LogP contribution in [0.5, 0.6) is 5.75 Å². The van der Waals surface area contributed by atoms with E-state index >= 15 is 0 Å². The Kier molecular flexibility index (Phi) is 5.14. The molecule has 2 aromatic carbocycles. The lowest BCUT2D eigenvalue weighted by Crippen LogP contribution is -2.54. The molecule has 1 saturated heterocycles. The zero-order valence-corrected chi connectivity index (χ0v) is 16.3. The summed E-state index contributed by atoms with van der Waals surface area (Å²) in [4.78, 5) is 30.5. The monoisotopic (exact) mass is 417 g/mol. The van der Waals surface area contributed by atoms with Crippen molar-refractivity contribution in [3.05, 3.63) is 53.6 Å². The lowest BCUT2D eigenvalue weighted by Gasteiger charge is -2.38. The summed E-state index contributed by atoms with van der Waals surface area (Å²) in [7, 11) is 0. The standard InChI is InChI=1S/C20H17F2N3O3S/c1-2-28-13-4-6-16-17(8-13)29-20(23-16)24-18(26)12-9-25(10-12)19(27)11-3-5-14(21)15(22)7-11/h3-8,12H,2,9-10H2,1H3,(H,23,24,26). The number of nitrogens with zero attached hydrogens (tertiary/aromatic N) is 2. The Bertz CT molecular complexity index is 1100. The quantitative estimate of drug-likeness (QED) is 0.688. The summed E-state index contributed by atoms with van der Waals surface area (Å²) in [5.41, 5.74) is 0.816. The van der Waals surface area contributed by atoms with E-state index < -0.39 is 17.5 Å². The minimum Gasteiger partial charge on any atom is -0.494 e. The van der Waals surface area contributed by atoms with Gasteiger partial charge in [0.05, 0.1) is 22.7 Å². The highest BCUT2D eigenvalue weighted by Crippen LogP contribution is 2.30. The zero-order valence-electron chi connectivity index (χ0n) is 15.4. The van der Waals surface area contributed by atoms with Crippen LogP contribution in [0.3, 0.4) is 0 Å². The fraction of sp³-hybridized carbons (Fsp3) is 0.250. The highest BCUT2D eigenvalue weighted by atomic mass is 32.1. The third-order valence-corrected chi connectivity index (χ3v) is 5.54. The van der Waals surface area contributed by atoms with Crippen LogP contribution in [0.1, 0.15) is 17.3 Å². The predicted octanol–water partition coefficient (Wildman–Crippen LogP) is 3.68. The highest BCUT2D eigenvalue weighted by molar-refractivity contribution is 7.22. The van der Waals surface area contributed by atoms with E-state index in [4.69, 9.17) is 4.74 Å². The summed E-state index contributed by atoms with van der Waals surface area (Å²) >= 11 is 1.34. The van der Waals surface area contributed by atoms with Gasteiger partial charge in [-0.2, -0.15) is 0 Å². The number of halogens is 2. The molecule has 4 rings (SSSR count). The summed E-state index contributed by atoms with van der Waals surface area (Å²) < 4.78 is 32.7. The number of rotatable bonds is 5. The molecule has 1 aliphatic rings. The van der Waals surface area contributed by atoms with Crippen molar-refractivity contribution in [3.8, 4) is 5.75 Å². The molecule has 0 saturated carbocycles. The number of nitrogens with one attached hydrogen (secondary N) is 1. The van der Waals surface area contributed by atoms with Gasteiger partial charge in [-0.05, 0) is 43.3 Å². The maximum absolute atomic E-state index is 13.3. The van der Waals surface area contributed by atoms with E-state index in [9.17, 15) is 18.4 Å². The molecule has 0 aliphatic carbocycles. The van der Waals surface area contributed by atoms with Crippen molar-refractivity contribution in [2.45, 2.75) is 6.92 Å². The van der Waals surface area contributed by atoms with Gasteiger partial charge in [-0.15, -0.1) is 0 Å². The number of ether oxygens (including phenoxy) is 1. The fourth-order valence-corrected chi connectivity index (χ4v) is 3.94. The van der Waals surface area contributed by atoms with Gasteiger partial charge in [0.2, 0.25) is 5.91 Å². The van der Waals surface area contributed by atoms with Crippen LogP contribution in [0, 0.1) is 17.6 Å². The number of anilines is 1. The first kappa shape index (κ1) is 19.3. The molecule has 6 nitrogen and oxygen atoms in total. The number of likely N-dealkylation sites (tertiary alicyclic amines) is 1. The maximum Gasteiger partial charge on any atom is 0.254 e. The van der Waals surface area contributed by atoms with E-state index in [1.54, 1.807) is 0 Å². The summed E-state index contributed by atoms with van der Waals surface area (Å²) in [6.07, 6.45) is 0. The van der Waals surface area contributed by atoms with Gasteiger partial charge < -0.3 is 15.0 Å². The number of aromatic nitrogens is 1. The average Bonchev–Trinajstić information content (AvgIpc) is 3.04. The summed E-state index contributed by atoms with van der Waals surface area (Å²) in [6.45, 7) is 2.89. The molecule has 1 N–H and O–H groups in total. The smallest absolute Gasteiger partial charge is 0.254 e. The SMILES string of the molecule is CCOc1ccc2nc(NC(=O)C3CN(C(=O)c4ccc(F)c(F)c4)C3)sc2c1. The van der Waals surface area contributed by atoms with Crippen LogP contribution in [0.25, 0.3) is 10.2 Å². The Morgan fingerprint density at radius 2 is 2.00 bits per heavy atom. The number of hydrogen-bond acceptors (Lipinski definition) is 5. The molecule has 9 heteroatoms. The van der Waals surface area contributed by atoms with Gasteiger partial charge in [0.1, 0.15) is 5.75 Å². The molecule has 0 atom stereocenters. The van der Waals surface area contributed by atoms with Crippen LogP contribution in [-0.4, -0.2) is 41.4 Å². The second-order valence-electron chi connectivity index (χ2n) is 6.61. The Labute approximate surface area is 169 Å². The van der Waals surface area contributed by atoms with Gasteiger partial charge >= 0.3 is 0 Å². The lowest BCUT2D eigenvalue weighted by atomic mass is 9.98. The normalized spacial score (nSPS) is 14.0. The fourth-order valence-electron chi connectivity index (χ4n) is 3.04. The van der Waals surface area contributed by atoms with Gasteiger partial charge in [0.15, 0.2) is 16.8 Å². The number of fused-ring (bicyclic) bond motifs is 1. The molecular weight excluding hydrogens is 400 g/mol. The topological polar surface area (TPSA) is 71.5 Å². The summed E-state index contributed by atoms with van der Waals surface area (Å²) in [5.74, 6) is -2.39. The van der Waals surface area contributed by atoms with Gasteiger partial charge in [0, 0.05) is 18.7 Å². The minimum atomic E-state index is -1.08. The van der Waals surface area contributed by atoms with E-state index in [-0.39, 0.29) is 30.5 Å². The molecule has 0 spiro atoms. The van der Waals surface area contributed by atoms with Crippen molar-refractivity contribution in [1.29, 1.82) is 0 Å². The van der Waals surface area contributed by atoms with Gasteiger partial charge in [0.25, 0.3) is 5.91 Å². The molecule has 1 fully saturated rings. The van der Waals surface area contributed by atoms with Crippen LogP contribution in [0.15, 0.2) is 36.4 Å². The van der Waals surface area contributed by atoms with Crippen LogP contribution in [0.4, 0.5) is 13.9 Å². The molecule has 1 aromatic heterocycles. The average molecular weight is 417 g/mol. The van der Waals surface area contributed by atoms with Crippen molar-refractivity contribution in [2.24, 2.45) is 5.92 Å². The molecule has 0 radical (unpaired) electrons. The van der Waals surface area contributed by atoms with Crippen LogP contribution < -0.4 is 10.1 Å². The first-order valence-electron chi connectivity index (χ1n) is 9.03. The van der Waals surface area contributed by atoms with Crippen molar-refractivity contribution in [3.63, 3.8) is 0 Å². The molecule has 29 heavy (non-hydrogen) atoms. The molecule has 2 heterocycles. The molecule has 0 unspecified atom stereocenters. The second-order valence-corrected chi connectivity index (χ2v) is 7.64. The third-order valence-electron chi connectivity index (χ3n) is 4.61. The number of thiazole rings is 1. The van der Waals surface area contributed by atoms with Crippen molar-refractivity contribution >= 4 is 38.5 Å². The largest absolute Gasteiger partial charge is 0.494 e. The maximum atomic E-state index is 13.3. The molecule has 3 aromatic rings. The Morgan fingerprint density at radius 1 is 1.21 bits per heavy atom. The number of amides is 2. The van der Waals surface area contributed by atoms with Crippen molar-refractivity contribution in [2.75, 3.05) is 25.0 Å². The van der Waals surface area contributed by atoms with Crippen LogP contribution in [-0.2, 0) is 4.79 Å². The van der Waals surface area contributed by atoms with Gasteiger partial charge in [-0.3, -0.25) is 9.59 Å². The van der Waals surface area contributed by atoms with Crippen LogP contribution >= 0.6 is 11.3 Å². The van der Waals surface area contributed by atoms with Gasteiger partial charge in [-0.25, -0.2) is 13.8 Å². The first-order chi connectivity index (χ1) is 13.9. The Hall–Kier alpha value is -3.07.